The Morgan fingerprint density at radius 1 is 1.40 bits per heavy atom. The molecule has 0 aromatic rings. The molecule has 0 spiro atoms. The van der Waals surface area contributed by atoms with Gasteiger partial charge in [-0.3, -0.25) is 4.57 Å². The largest absolute Gasteiger partial charge is 0.756 e. The van der Waals surface area contributed by atoms with Gasteiger partial charge in [-0.25, -0.2) is 0 Å². The lowest BCUT2D eigenvalue weighted by Gasteiger charge is -2.21. The topological polar surface area (TPSA) is 150 Å². The summed E-state index contributed by atoms with van der Waals surface area (Å²) in [5.74, 6) is -1.40. The van der Waals surface area contributed by atoms with Crippen molar-refractivity contribution in [2.75, 3.05) is 6.61 Å². The highest BCUT2D eigenvalue weighted by atomic mass is 31.2. The first-order chi connectivity index (χ1) is 6.72. The summed E-state index contributed by atoms with van der Waals surface area (Å²) in [5, 5.41) is 28.1. The number of carboxylic acid groups (broad SMARTS) is 1. The maximum Gasteiger partial charge on any atom is 0.265 e. The summed E-state index contributed by atoms with van der Waals surface area (Å²) in [5.41, 5.74) is 0. The minimum absolute atomic E-state index is 0.304. The van der Waals surface area contributed by atoms with Gasteiger partial charge in [0.2, 0.25) is 0 Å². The molecular weight excluding hydrogens is 231 g/mol. The van der Waals surface area contributed by atoms with E-state index in [1.165, 1.54) is 0 Å². The van der Waals surface area contributed by atoms with Crippen LogP contribution in [0, 0.1) is 0 Å². The molecule has 8 nitrogen and oxygen atoms in total. The number of carbonyl (C=O) groups is 1. The fraction of sp³-hybridized carbons (Fsp3) is 0.833. The highest BCUT2D eigenvalue weighted by Gasteiger charge is 2.18. The maximum atomic E-state index is 10.1. The second kappa shape index (κ2) is 6.16. The van der Waals surface area contributed by atoms with Crippen LogP contribution in [0.3, 0.4) is 0 Å². The summed E-state index contributed by atoms with van der Waals surface area (Å²) in [4.78, 5) is 28.2. The maximum absolute atomic E-state index is 10.1. The van der Waals surface area contributed by atoms with Crippen molar-refractivity contribution in [3.8, 4) is 0 Å². The number of carboxylic acids is 1. The van der Waals surface area contributed by atoms with Gasteiger partial charge in [-0.05, 0) is 12.8 Å². The van der Waals surface area contributed by atoms with Gasteiger partial charge in [-0.1, -0.05) is 0 Å². The zero-order valence-corrected chi connectivity index (χ0v) is 8.50. The van der Waals surface area contributed by atoms with Crippen LogP contribution >= 0.6 is 7.82 Å². The van der Waals surface area contributed by atoms with Gasteiger partial charge in [0.05, 0.1) is 12.7 Å². The smallest absolute Gasteiger partial charge is 0.265 e. The first kappa shape index (κ1) is 14.5. The summed E-state index contributed by atoms with van der Waals surface area (Å²) in [6.45, 7) is -0.842. The Bertz CT molecular complexity index is 248. The Morgan fingerprint density at radius 2 is 1.93 bits per heavy atom. The van der Waals surface area contributed by atoms with Gasteiger partial charge < -0.3 is 34.4 Å². The lowest BCUT2D eigenvalue weighted by Crippen LogP contribution is -2.33. The minimum atomic E-state index is -4.95. The molecule has 0 aromatic carbocycles. The monoisotopic (exact) mass is 242 g/mol. The molecule has 0 fully saturated rings. The number of aliphatic hydroxyl groups is 2. The number of aliphatic carboxylic acids is 1. The molecule has 0 rings (SSSR count). The summed E-state index contributed by atoms with van der Waals surface area (Å²) in [7, 11) is -4.95. The van der Waals surface area contributed by atoms with E-state index in [2.05, 4.69) is 4.52 Å². The average molecular weight is 242 g/mol. The van der Waals surface area contributed by atoms with Crippen LogP contribution in [-0.2, 0) is 13.9 Å². The van der Waals surface area contributed by atoms with Crippen LogP contribution in [0.4, 0.5) is 0 Å². The van der Waals surface area contributed by atoms with Crippen molar-refractivity contribution < 1.29 is 39.0 Å². The van der Waals surface area contributed by atoms with Crippen molar-refractivity contribution in [2.45, 2.75) is 25.0 Å². The highest BCUT2D eigenvalue weighted by molar-refractivity contribution is 7.44. The predicted molar refractivity (Wildman–Crippen MR) is 42.0 cm³/mol. The van der Waals surface area contributed by atoms with Crippen molar-refractivity contribution in [3.63, 3.8) is 0 Å². The molecule has 0 bridgehead atoms. The average Bonchev–Trinajstić information content (AvgIpc) is 2.08. The Kier molecular flexibility index (Phi) is 5.96. The van der Waals surface area contributed by atoms with Gasteiger partial charge in [-0.15, -0.1) is 0 Å². The second-order valence-electron chi connectivity index (χ2n) is 2.81. The lowest BCUT2D eigenvalue weighted by atomic mass is 10.1. The third-order valence-corrected chi connectivity index (χ3v) is 1.97. The number of rotatable bonds is 7. The van der Waals surface area contributed by atoms with Gasteiger partial charge in [0.15, 0.2) is 0 Å². The Balaban J connectivity index is 3.83. The molecule has 15 heavy (non-hydrogen) atoms. The molecule has 1 unspecified atom stereocenters. The number of carbonyl (C=O) groups excluding carboxylic acids is 1. The van der Waals surface area contributed by atoms with Crippen LogP contribution in [0.25, 0.3) is 0 Å². The van der Waals surface area contributed by atoms with Gasteiger partial charge in [0, 0.05) is 5.97 Å². The summed E-state index contributed by atoms with van der Waals surface area (Å²) in [6, 6.07) is 0. The van der Waals surface area contributed by atoms with Gasteiger partial charge in [0.1, 0.15) is 6.10 Å². The van der Waals surface area contributed by atoms with Crippen molar-refractivity contribution in [1.29, 1.82) is 0 Å². The minimum Gasteiger partial charge on any atom is -0.756 e. The van der Waals surface area contributed by atoms with Gasteiger partial charge in [-0.2, -0.15) is 0 Å². The van der Waals surface area contributed by atoms with E-state index in [0.29, 0.717) is 0 Å². The van der Waals surface area contributed by atoms with E-state index in [-0.39, 0.29) is 6.42 Å². The van der Waals surface area contributed by atoms with E-state index in [0.717, 1.165) is 0 Å². The lowest BCUT2D eigenvalue weighted by molar-refractivity contribution is -0.306. The van der Waals surface area contributed by atoms with Crippen LogP contribution in [0.5, 0.6) is 0 Å². The van der Waals surface area contributed by atoms with Crippen molar-refractivity contribution in [2.24, 2.45) is 0 Å². The molecule has 0 saturated carbocycles. The molecule has 90 valence electrons. The van der Waals surface area contributed by atoms with Crippen LogP contribution in [-0.4, -0.2) is 39.9 Å². The molecule has 0 amide bonds. The van der Waals surface area contributed by atoms with Crippen LogP contribution < -0.4 is 10.00 Å². The Morgan fingerprint density at radius 3 is 2.33 bits per heavy atom. The van der Waals surface area contributed by atoms with Gasteiger partial charge >= 0.3 is 0 Å². The molecule has 9 heteroatoms. The molecule has 0 aliphatic heterocycles. The molecule has 0 saturated heterocycles. The van der Waals surface area contributed by atoms with E-state index in [4.69, 9.17) is 15.1 Å². The van der Waals surface area contributed by atoms with Crippen molar-refractivity contribution in [3.05, 3.63) is 0 Å². The zero-order chi connectivity index (χ0) is 12.1. The summed E-state index contributed by atoms with van der Waals surface area (Å²) < 4.78 is 13.9. The first-order valence-corrected chi connectivity index (χ1v) is 5.46. The first-order valence-electron chi connectivity index (χ1n) is 3.96. The Hall–Kier alpha value is -0.500. The van der Waals surface area contributed by atoms with Crippen molar-refractivity contribution in [1.82, 2.24) is 0 Å². The highest BCUT2D eigenvalue weighted by Crippen LogP contribution is 2.30. The van der Waals surface area contributed by atoms with Crippen LogP contribution in [0.2, 0.25) is 0 Å². The zero-order valence-electron chi connectivity index (χ0n) is 7.61. The molecule has 0 radical (unpaired) electrons. The number of hydrogen-bond donors (Lipinski definition) is 3. The summed E-state index contributed by atoms with van der Waals surface area (Å²) >= 11 is 0. The quantitative estimate of drug-likeness (QED) is 0.393. The van der Waals surface area contributed by atoms with Gasteiger partial charge in [0.25, 0.3) is 7.82 Å². The number of phosphoric acid groups is 1. The predicted octanol–water partition coefficient (Wildman–Crippen LogP) is -3.28. The van der Waals surface area contributed by atoms with Crippen molar-refractivity contribution >= 4 is 13.8 Å². The second-order valence-corrected chi connectivity index (χ2v) is 4.01. The van der Waals surface area contributed by atoms with E-state index >= 15 is 0 Å². The number of hydrogen-bond acceptors (Lipinski definition) is 7. The summed E-state index contributed by atoms with van der Waals surface area (Å²) in [6.07, 6.45) is -3.85. The number of aliphatic hydroxyl groups excluding tert-OH is 2. The molecular formula is C6H11O8P-2. The van der Waals surface area contributed by atoms with Crippen LogP contribution in [0.15, 0.2) is 0 Å². The SMILES string of the molecule is O=C([O-])CC[C@H](O)[C@H](O)COP(=O)([O-])O. The standard InChI is InChI=1S/C6H13O8P/c7-4(1-2-6(9)10)5(8)3-14-15(11,12)13/h4-5,7-8H,1-3H2,(H,9,10)(H2,11,12,13)/p-2/t4-,5+/m0/s1. The molecule has 0 aromatic heterocycles. The van der Waals surface area contributed by atoms with E-state index in [1.54, 1.807) is 0 Å². The van der Waals surface area contributed by atoms with E-state index < -0.39 is 39.0 Å². The molecule has 0 aliphatic carbocycles. The van der Waals surface area contributed by atoms with Crippen LogP contribution in [0.1, 0.15) is 12.8 Å². The number of phosphoric ester groups is 1. The molecule has 0 heterocycles. The van der Waals surface area contributed by atoms with E-state index in [1.807, 2.05) is 0 Å². The fourth-order valence-electron chi connectivity index (χ4n) is 0.740. The third kappa shape index (κ3) is 8.49. The Labute approximate surface area is 85.4 Å². The molecule has 3 atom stereocenters. The third-order valence-electron chi connectivity index (χ3n) is 1.50. The normalized spacial score (nSPS) is 19.2. The van der Waals surface area contributed by atoms with E-state index in [9.17, 15) is 19.4 Å². The molecule has 3 N–H and O–H groups in total. The fourth-order valence-corrected chi connectivity index (χ4v) is 1.08. The molecule has 0 aliphatic rings.